The number of ether oxygens (including phenoxy) is 1. The van der Waals surface area contributed by atoms with Crippen molar-refractivity contribution >= 4 is 23.5 Å². The number of carbonyl (C=O) groups excluding carboxylic acids is 2. The number of imidazole rings is 1. The zero-order valence-electron chi connectivity index (χ0n) is 34.1. The molecule has 0 bridgehead atoms. The van der Waals surface area contributed by atoms with E-state index in [2.05, 4.69) is 63.7 Å². The second-order valence-corrected chi connectivity index (χ2v) is 14.9. The zero-order valence-corrected chi connectivity index (χ0v) is 34.9. The fourth-order valence-corrected chi connectivity index (χ4v) is 7.89. The summed E-state index contributed by atoms with van der Waals surface area (Å²) in [5.74, 6) is -0.126. The molecule has 0 unspecified atom stereocenters. The second-order valence-electron chi connectivity index (χ2n) is 14.5. The van der Waals surface area contributed by atoms with E-state index in [0.717, 1.165) is 51.8 Å². The number of amides is 1. The summed E-state index contributed by atoms with van der Waals surface area (Å²) in [6.45, 7) is 1.78. The number of aryl methyl sites for hydroxylation is 1. The molecule has 7 rings (SSSR count). The van der Waals surface area contributed by atoms with Crippen molar-refractivity contribution < 1.29 is 24.3 Å². The third-order valence-corrected chi connectivity index (χ3v) is 10.7. The summed E-state index contributed by atoms with van der Waals surface area (Å²) in [7, 11) is 0. The number of benzene rings is 5. The Morgan fingerprint density at radius 1 is 0.790 bits per heavy atom. The van der Waals surface area contributed by atoms with E-state index in [1.807, 2.05) is 108 Å². The smallest absolute Gasteiger partial charge is 0.325 e. The number of hydrogen-bond acceptors (Lipinski definition) is 10. The van der Waals surface area contributed by atoms with E-state index < -0.39 is 29.0 Å². The summed E-state index contributed by atoms with van der Waals surface area (Å²) in [5, 5.41) is 26.1. The fraction of sp³-hybridized carbons (Fsp3) is 0.234. The average molecular weight is 853 g/mol. The molecule has 2 heterocycles. The predicted octanol–water partition coefficient (Wildman–Crippen LogP) is 8.35. The normalized spacial score (nSPS) is 11.3. The number of carbonyl (C=O) groups is 2. The van der Waals surface area contributed by atoms with Gasteiger partial charge in [0.25, 0.3) is 11.0 Å². The molecule has 0 fully saturated rings. The highest BCUT2D eigenvalue weighted by atomic mass is 35.5. The van der Waals surface area contributed by atoms with Gasteiger partial charge < -0.3 is 19.5 Å². The molecule has 5 aromatic carbocycles. The molecule has 0 saturated carbocycles. The number of esters is 1. The molecular weight excluding hydrogens is 808 g/mol. The van der Waals surface area contributed by atoms with Crippen molar-refractivity contribution in [2.24, 2.45) is 0 Å². The standard InChI is InChI=1S/C47H45ClN8O6/c1-2-3-26-41-50-44(48)43(46(58)49-32-42(57)61-29-16-17-30-62-56(59)60)54(41)33-34-27-28-39(35-18-8-4-9-19-35)40(31-34)45-51-52-53-55(45)47(36-20-10-5-11-21-36,37-22-12-6-13-23-37)38-24-14-7-15-25-38/h4-15,18-25,27-28,31H,2-3,16-17,26,29-30,32-33H2,1H3,(H,49,58). The highest BCUT2D eigenvalue weighted by Gasteiger charge is 2.42. The maximum absolute atomic E-state index is 13.8. The second kappa shape index (κ2) is 20.4. The monoisotopic (exact) mass is 852 g/mol. The first kappa shape index (κ1) is 42.9. The van der Waals surface area contributed by atoms with Crippen LogP contribution in [0.3, 0.4) is 0 Å². The Bertz CT molecular complexity index is 2490. The Morgan fingerprint density at radius 2 is 1.39 bits per heavy atom. The van der Waals surface area contributed by atoms with Crippen LogP contribution < -0.4 is 5.32 Å². The van der Waals surface area contributed by atoms with Gasteiger partial charge in [-0.05, 0) is 69.1 Å². The first-order chi connectivity index (χ1) is 30.3. The van der Waals surface area contributed by atoms with E-state index in [9.17, 15) is 19.7 Å². The van der Waals surface area contributed by atoms with E-state index in [1.54, 1.807) is 4.57 Å². The minimum Gasteiger partial charge on any atom is -0.464 e. The number of halogens is 1. The van der Waals surface area contributed by atoms with Crippen LogP contribution in [-0.2, 0) is 32.9 Å². The number of nitrogens with one attached hydrogen (secondary N) is 1. The Morgan fingerprint density at radius 3 is 1.98 bits per heavy atom. The van der Waals surface area contributed by atoms with Crippen LogP contribution in [0.15, 0.2) is 140 Å². The molecule has 1 amide bonds. The van der Waals surface area contributed by atoms with Crippen LogP contribution in [0.5, 0.6) is 0 Å². The number of unbranched alkanes of at least 4 members (excludes halogenated alkanes) is 2. The van der Waals surface area contributed by atoms with E-state index in [4.69, 9.17) is 26.6 Å². The molecule has 14 nitrogen and oxygen atoms in total. The number of aromatic nitrogens is 6. The van der Waals surface area contributed by atoms with Crippen molar-refractivity contribution in [3.63, 3.8) is 0 Å². The molecule has 62 heavy (non-hydrogen) atoms. The molecule has 0 radical (unpaired) electrons. The van der Waals surface area contributed by atoms with Gasteiger partial charge in [0, 0.05) is 18.5 Å². The van der Waals surface area contributed by atoms with Gasteiger partial charge in [0.05, 0.1) is 13.2 Å². The van der Waals surface area contributed by atoms with Gasteiger partial charge in [-0.15, -0.1) is 15.2 Å². The van der Waals surface area contributed by atoms with Gasteiger partial charge in [0.1, 0.15) is 23.6 Å². The maximum Gasteiger partial charge on any atom is 0.325 e. The Kier molecular flexibility index (Phi) is 14.1. The fourth-order valence-electron chi connectivity index (χ4n) is 7.61. The van der Waals surface area contributed by atoms with Gasteiger partial charge in [0.2, 0.25) is 0 Å². The average Bonchev–Trinajstić information content (AvgIpc) is 3.91. The minimum atomic E-state index is -1.00. The van der Waals surface area contributed by atoms with Crippen molar-refractivity contribution in [2.45, 2.75) is 51.1 Å². The van der Waals surface area contributed by atoms with Crippen LogP contribution in [0.25, 0.3) is 22.5 Å². The molecule has 0 saturated heterocycles. The van der Waals surface area contributed by atoms with Crippen LogP contribution >= 0.6 is 11.6 Å². The third-order valence-electron chi connectivity index (χ3n) is 10.5. The first-order valence-corrected chi connectivity index (χ1v) is 20.8. The lowest BCUT2D eigenvalue weighted by atomic mass is 9.77. The van der Waals surface area contributed by atoms with Gasteiger partial charge in [-0.3, -0.25) is 9.59 Å². The van der Waals surface area contributed by atoms with E-state index in [0.29, 0.717) is 30.9 Å². The summed E-state index contributed by atoms with van der Waals surface area (Å²) in [5.41, 5.74) is 5.40. The van der Waals surface area contributed by atoms with Gasteiger partial charge >= 0.3 is 5.97 Å². The van der Waals surface area contributed by atoms with Gasteiger partial charge in [-0.2, -0.15) is 0 Å². The third kappa shape index (κ3) is 9.55. The predicted molar refractivity (Wildman–Crippen MR) is 234 cm³/mol. The molecule has 7 aromatic rings. The van der Waals surface area contributed by atoms with E-state index >= 15 is 0 Å². The molecule has 0 aliphatic rings. The van der Waals surface area contributed by atoms with Crippen molar-refractivity contribution in [1.82, 2.24) is 35.1 Å². The number of nitrogens with zero attached hydrogens (tertiary/aromatic N) is 7. The maximum atomic E-state index is 13.8. The number of rotatable bonds is 20. The lowest BCUT2D eigenvalue weighted by Gasteiger charge is -2.36. The van der Waals surface area contributed by atoms with Crippen molar-refractivity contribution in [1.29, 1.82) is 0 Å². The first-order valence-electron chi connectivity index (χ1n) is 20.4. The number of hydrogen-bond donors (Lipinski definition) is 1. The summed E-state index contributed by atoms with van der Waals surface area (Å²) in [6, 6.07) is 46.7. The molecule has 15 heteroatoms. The Hall–Kier alpha value is -7.19. The largest absolute Gasteiger partial charge is 0.464 e. The molecule has 0 spiro atoms. The summed E-state index contributed by atoms with van der Waals surface area (Å²) < 4.78 is 8.90. The highest BCUT2D eigenvalue weighted by Crippen LogP contribution is 2.43. The Balaban J connectivity index is 1.29. The molecule has 1 N–H and O–H groups in total. The van der Waals surface area contributed by atoms with Gasteiger partial charge in [-0.1, -0.05) is 158 Å². The Labute approximate surface area is 363 Å². The minimum absolute atomic E-state index is 0.0104. The summed E-state index contributed by atoms with van der Waals surface area (Å²) in [4.78, 5) is 45.6. The van der Waals surface area contributed by atoms with Crippen molar-refractivity contribution in [3.8, 4) is 22.5 Å². The highest BCUT2D eigenvalue weighted by molar-refractivity contribution is 6.32. The topological polar surface area (TPSA) is 169 Å². The summed E-state index contributed by atoms with van der Waals surface area (Å²) in [6.07, 6.45) is 2.94. The molecule has 0 aliphatic carbocycles. The van der Waals surface area contributed by atoms with Crippen molar-refractivity contribution in [2.75, 3.05) is 19.8 Å². The molecule has 316 valence electrons. The van der Waals surface area contributed by atoms with E-state index in [-0.39, 0.29) is 30.6 Å². The molecular formula is C47H45ClN8O6. The van der Waals surface area contributed by atoms with Crippen molar-refractivity contribution in [3.05, 3.63) is 189 Å². The number of tetrazole rings is 1. The SMILES string of the molecule is CCCCc1nc(Cl)c(C(=O)NCC(=O)OCCCCO[N+](=O)[O-])n1Cc1ccc(-c2ccccc2)c(-c2nnnn2C(c2ccccc2)(c2ccccc2)c2ccccc2)c1. The zero-order chi connectivity index (χ0) is 43.3. The van der Waals surface area contributed by atoms with Crippen LogP contribution in [0.2, 0.25) is 5.15 Å². The summed E-state index contributed by atoms with van der Waals surface area (Å²) >= 11 is 6.72. The molecule has 2 aromatic heterocycles. The van der Waals surface area contributed by atoms with Crippen LogP contribution in [0, 0.1) is 10.1 Å². The van der Waals surface area contributed by atoms with Gasteiger partial charge in [0.15, 0.2) is 11.0 Å². The molecule has 0 atom stereocenters. The van der Waals surface area contributed by atoms with Crippen LogP contribution in [-0.4, -0.2) is 66.5 Å². The van der Waals surface area contributed by atoms with Crippen LogP contribution in [0.4, 0.5) is 0 Å². The lowest BCUT2D eigenvalue weighted by Crippen LogP contribution is -2.39. The lowest BCUT2D eigenvalue weighted by molar-refractivity contribution is -0.757. The quantitative estimate of drug-likeness (QED) is 0.0259. The van der Waals surface area contributed by atoms with Crippen LogP contribution in [0.1, 0.15) is 71.2 Å². The van der Waals surface area contributed by atoms with Gasteiger partial charge in [-0.25, -0.2) is 9.67 Å². The van der Waals surface area contributed by atoms with E-state index in [1.165, 1.54) is 0 Å². The molecule has 0 aliphatic heterocycles.